The van der Waals surface area contributed by atoms with Gasteiger partial charge in [0.05, 0.1) is 17.6 Å². The summed E-state index contributed by atoms with van der Waals surface area (Å²) in [5.74, 6) is -0.551. The summed E-state index contributed by atoms with van der Waals surface area (Å²) in [4.78, 5) is 10.9. The fourth-order valence-corrected chi connectivity index (χ4v) is 2.33. The molecule has 0 radical (unpaired) electrons. The molecule has 0 aliphatic heterocycles. The summed E-state index contributed by atoms with van der Waals surface area (Å²) in [6.45, 7) is 1.68. The molecule has 0 aliphatic rings. The zero-order valence-electron chi connectivity index (χ0n) is 11.5. The minimum absolute atomic E-state index is 0.155. The molecule has 2 aromatic heterocycles. The van der Waals surface area contributed by atoms with E-state index in [2.05, 4.69) is 5.16 Å². The number of aromatic nitrogens is 1. The van der Waals surface area contributed by atoms with E-state index in [1.54, 1.807) is 31.2 Å². The number of aliphatic carboxylic acids is 1. The predicted molar refractivity (Wildman–Crippen MR) is 76.4 cm³/mol. The maximum atomic E-state index is 10.9. The number of rotatable bonds is 5. The molecule has 6 nitrogen and oxygen atoms in total. The number of halogens is 1. The smallest absolute Gasteiger partial charge is 0.189 e. The highest BCUT2D eigenvalue weighted by Gasteiger charge is 2.19. The minimum Gasteiger partial charge on any atom is -0.546 e. The standard InChI is InChI=1S/C15H12ClNO5/c1-2-9(15(18)19)21-10-6-5-8-13(11-4-3-7-20-11)17-22-14(8)12(10)16/h3-7,9H,2H2,1H3,(H,18,19)/p-1. The maximum absolute atomic E-state index is 10.9. The second-order valence-electron chi connectivity index (χ2n) is 4.60. The van der Waals surface area contributed by atoms with Crippen molar-refractivity contribution in [3.63, 3.8) is 0 Å². The highest BCUT2D eigenvalue weighted by atomic mass is 35.5. The molecule has 3 rings (SSSR count). The van der Waals surface area contributed by atoms with Crippen molar-refractivity contribution < 1.29 is 23.6 Å². The summed E-state index contributed by atoms with van der Waals surface area (Å²) >= 11 is 6.22. The van der Waals surface area contributed by atoms with Crippen LogP contribution in [0.5, 0.6) is 5.75 Å². The Morgan fingerprint density at radius 1 is 1.45 bits per heavy atom. The average Bonchev–Trinajstić information content (AvgIpc) is 3.15. The third kappa shape index (κ3) is 2.42. The number of carboxylic acid groups (broad SMARTS) is 1. The normalized spacial score (nSPS) is 12.5. The maximum Gasteiger partial charge on any atom is 0.189 e. The fourth-order valence-electron chi connectivity index (χ4n) is 2.09. The van der Waals surface area contributed by atoms with Crippen LogP contribution in [-0.2, 0) is 4.79 Å². The molecule has 22 heavy (non-hydrogen) atoms. The number of ether oxygens (including phenoxy) is 1. The lowest BCUT2D eigenvalue weighted by molar-refractivity contribution is -0.313. The molecule has 0 N–H and O–H groups in total. The van der Waals surface area contributed by atoms with Crippen LogP contribution in [0.3, 0.4) is 0 Å². The monoisotopic (exact) mass is 320 g/mol. The second kappa shape index (κ2) is 5.73. The molecule has 0 saturated heterocycles. The van der Waals surface area contributed by atoms with E-state index in [1.165, 1.54) is 6.26 Å². The van der Waals surface area contributed by atoms with E-state index in [1.807, 2.05) is 0 Å². The molecule has 0 aliphatic carbocycles. The van der Waals surface area contributed by atoms with Crippen LogP contribution in [0.15, 0.2) is 39.5 Å². The number of furan rings is 1. The van der Waals surface area contributed by atoms with Crippen molar-refractivity contribution in [1.29, 1.82) is 0 Å². The van der Waals surface area contributed by atoms with Gasteiger partial charge in [0.1, 0.15) is 16.9 Å². The summed E-state index contributed by atoms with van der Waals surface area (Å²) in [6.07, 6.45) is 0.702. The van der Waals surface area contributed by atoms with E-state index >= 15 is 0 Å². The first-order chi connectivity index (χ1) is 10.6. The van der Waals surface area contributed by atoms with E-state index in [0.29, 0.717) is 22.4 Å². The van der Waals surface area contributed by atoms with Gasteiger partial charge in [-0.1, -0.05) is 23.7 Å². The van der Waals surface area contributed by atoms with E-state index in [0.717, 1.165) is 0 Å². The van der Waals surface area contributed by atoms with Crippen molar-refractivity contribution in [2.75, 3.05) is 0 Å². The van der Waals surface area contributed by atoms with Crippen LogP contribution >= 0.6 is 11.6 Å². The summed E-state index contributed by atoms with van der Waals surface area (Å²) in [5.41, 5.74) is 0.819. The number of fused-ring (bicyclic) bond motifs is 1. The molecule has 0 spiro atoms. The van der Waals surface area contributed by atoms with Crippen molar-refractivity contribution in [3.05, 3.63) is 35.6 Å². The number of benzene rings is 1. The van der Waals surface area contributed by atoms with E-state index in [4.69, 9.17) is 25.3 Å². The number of nitrogens with zero attached hydrogens (tertiary/aromatic N) is 1. The SMILES string of the molecule is CCC(Oc1ccc2c(-c3ccco3)noc2c1Cl)C(=O)[O-]. The molecule has 0 saturated carbocycles. The lowest BCUT2D eigenvalue weighted by Crippen LogP contribution is -2.39. The molecule has 0 amide bonds. The summed E-state index contributed by atoms with van der Waals surface area (Å²) in [5, 5.41) is 15.7. The number of hydrogen-bond donors (Lipinski definition) is 0. The van der Waals surface area contributed by atoms with Gasteiger partial charge in [0, 0.05) is 0 Å². The van der Waals surface area contributed by atoms with Crippen molar-refractivity contribution in [2.45, 2.75) is 19.4 Å². The van der Waals surface area contributed by atoms with Gasteiger partial charge < -0.3 is 23.6 Å². The van der Waals surface area contributed by atoms with E-state index in [-0.39, 0.29) is 17.2 Å². The Balaban J connectivity index is 2.02. The molecule has 2 heterocycles. The van der Waals surface area contributed by atoms with Crippen LogP contribution in [0.1, 0.15) is 13.3 Å². The molecular weight excluding hydrogens is 310 g/mol. The van der Waals surface area contributed by atoms with Crippen LogP contribution in [-0.4, -0.2) is 17.2 Å². The Bertz CT molecular complexity index is 809. The highest BCUT2D eigenvalue weighted by Crippen LogP contribution is 2.38. The number of carboxylic acids is 1. The predicted octanol–water partition coefficient (Wildman–Crippen LogP) is 2.65. The Hall–Kier alpha value is -2.47. The first-order valence-electron chi connectivity index (χ1n) is 6.61. The molecule has 1 atom stereocenters. The zero-order valence-corrected chi connectivity index (χ0v) is 12.3. The highest BCUT2D eigenvalue weighted by molar-refractivity contribution is 6.36. The van der Waals surface area contributed by atoms with Crippen molar-refractivity contribution in [1.82, 2.24) is 5.16 Å². The minimum atomic E-state index is -1.30. The third-order valence-corrected chi connectivity index (χ3v) is 3.56. The first kappa shape index (κ1) is 14.5. The quantitative estimate of drug-likeness (QED) is 0.718. The topological polar surface area (TPSA) is 88.5 Å². The molecule has 1 unspecified atom stereocenters. The molecule has 114 valence electrons. The Morgan fingerprint density at radius 3 is 2.91 bits per heavy atom. The van der Waals surface area contributed by atoms with Gasteiger partial charge in [-0.05, 0) is 30.7 Å². The molecule has 7 heteroatoms. The van der Waals surface area contributed by atoms with Crippen LogP contribution in [0.25, 0.3) is 22.4 Å². The largest absolute Gasteiger partial charge is 0.546 e. The summed E-state index contributed by atoms with van der Waals surface area (Å²) < 4.78 is 15.9. The van der Waals surface area contributed by atoms with Crippen LogP contribution in [0, 0.1) is 0 Å². The van der Waals surface area contributed by atoms with Crippen molar-refractivity contribution >= 4 is 28.5 Å². The molecular formula is C15H11ClNO5-. The van der Waals surface area contributed by atoms with Crippen LogP contribution < -0.4 is 9.84 Å². The Kier molecular flexibility index (Phi) is 3.77. The van der Waals surface area contributed by atoms with Gasteiger partial charge in [-0.15, -0.1) is 0 Å². The first-order valence-corrected chi connectivity index (χ1v) is 6.99. The van der Waals surface area contributed by atoms with Crippen LogP contribution in [0.2, 0.25) is 5.02 Å². The second-order valence-corrected chi connectivity index (χ2v) is 4.97. The lowest BCUT2D eigenvalue weighted by Gasteiger charge is -2.18. The number of carbonyl (C=O) groups excluding carboxylic acids is 1. The van der Waals surface area contributed by atoms with Gasteiger partial charge >= 0.3 is 0 Å². The molecule has 1 aromatic carbocycles. The average molecular weight is 321 g/mol. The summed E-state index contributed by atoms with van der Waals surface area (Å²) in [6, 6.07) is 6.74. The summed E-state index contributed by atoms with van der Waals surface area (Å²) in [7, 11) is 0. The lowest BCUT2D eigenvalue weighted by atomic mass is 10.1. The van der Waals surface area contributed by atoms with Crippen LogP contribution in [0.4, 0.5) is 0 Å². The number of carbonyl (C=O) groups is 1. The van der Waals surface area contributed by atoms with Gasteiger partial charge in [-0.25, -0.2) is 0 Å². The Morgan fingerprint density at radius 2 is 2.27 bits per heavy atom. The molecule has 3 aromatic rings. The number of hydrogen-bond acceptors (Lipinski definition) is 6. The Labute approximate surface area is 130 Å². The third-order valence-electron chi connectivity index (χ3n) is 3.20. The van der Waals surface area contributed by atoms with Crippen molar-refractivity contribution in [2.24, 2.45) is 0 Å². The van der Waals surface area contributed by atoms with Gasteiger partial charge in [-0.2, -0.15) is 0 Å². The molecule has 0 bridgehead atoms. The van der Waals surface area contributed by atoms with E-state index < -0.39 is 12.1 Å². The van der Waals surface area contributed by atoms with Gasteiger partial charge in [0.15, 0.2) is 17.0 Å². The van der Waals surface area contributed by atoms with Gasteiger partial charge in [-0.3, -0.25) is 0 Å². The van der Waals surface area contributed by atoms with Crippen molar-refractivity contribution in [3.8, 4) is 17.2 Å². The van der Waals surface area contributed by atoms with Gasteiger partial charge in [0.25, 0.3) is 0 Å². The molecule has 0 fully saturated rings. The van der Waals surface area contributed by atoms with E-state index in [9.17, 15) is 9.90 Å². The van der Waals surface area contributed by atoms with Gasteiger partial charge in [0.2, 0.25) is 0 Å². The fraction of sp³-hybridized carbons (Fsp3) is 0.200. The zero-order chi connectivity index (χ0) is 15.7.